The Hall–Kier alpha value is -1.67. The summed E-state index contributed by atoms with van der Waals surface area (Å²) in [5.74, 6) is 0.566. The molecule has 0 unspecified atom stereocenters. The molecule has 0 amide bonds. The zero-order valence-electron chi connectivity index (χ0n) is 7.94. The van der Waals surface area contributed by atoms with E-state index < -0.39 is 0 Å². The number of anilines is 1. The van der Waals surface area contributed by atoms with Gasteiger partial charge in [-0.1, -0.05) is 6.92 Å². The van der Waals surface area contributed by atoms with Gasteiger partial charge in [-0.15, -0.1) is 10.2 Å². The lowest BCUT2D eigenvalue weighted by Gasteiger charge is -2.08. The van der Waals surface area contributed by atoms with Gasteiger partial charge in [0.1, 0.15) is 11.9 Å². The lowest BCUT2D eigenvalue weighted by atomic mass is 10.3. The summed E-state index contributed by atoms with van der Waals surface area (Å²) in [5.41, 5.74) is 0.284. The zero-order chi connectivity index (χ0) is 10.4. The second kappa shape index (κ2) is 5.14. The lowest BCUT2D eigenvalue weighted by Crippen LogP contribution is -2.18. The van der Waals surface area contributed by atoms with E-state index in [-0.39, 0.29) is 11.8 Å². The molecular formula is C9H12N4O. The molecule has 1 rings (SSSR count). The van der Waals surface area contributed by atoms with Gasteiger partial charge < -0.3 is 10.4 Å². The van der Waals surface area contributed by atoms with Crippen LogP contribution in [0.25, 0.3) is 0 Å². The summed E-state index contributed by atoms with van der Waals surface area (Å²) < 4.78 is 0. The first-order valence-corrected chi connectivity index (χ1v) is 4.42. The molecule has 5 nitrogen and oxygen atoms in total. The molecule has 0 fully saturated rings. The summed E-state index contributed by atoms with van der Waals surface area (Å²) in [4.78, 5) is 0. The van der Waals surface area contributed by atoms with Gasteiger partial charge in [0.25, 0.3) is 0 Å². The molecule has 74 valence electrons. The van der Waals surface area contributed by atoms with E-state index in [0.29, 0.717) is 18.8 Å². The summed E-state index contributed by atoms with van der Waals surface area (Å²) in [6.45, 7) is 2.34. The number of rotatable bonds is 4. The van der Waals surface area contributed by atoms with Gasteiger partial charge in [0, 0.05) is 6.54 Å². The molecule has 1 aromatic rings. The third-order valence-corrected chi connectivity index (χ3v) is 1.77. The van der Waals surface area contributed by atoms with E-state index in [2.05, 4.69) is 15.5 Å². The number of hydrogen-bond acceptors (Lipinski definition) is 5. The highest BCUT2D eigenvalue weighted by Crippen LogP contribution is 2.01. The van der Waals surface area contributed by atoms with E-state index >= 15 is 0 Å². The van der Waals surface area contributed by atoms with Crippen molar-refractivity contribution in [1.82, 2.24) is 10.2 Å². The van der Waals surface area contributed by atoms with Crippen LogP contribution in [0.2, 0.25) is 0 Å². The van der Waals surface area contributed by atoms with Gasteiger partial charge in [-0.2, -0.15) is 5.26 Å². The summed E-state index contributed by atoms with van der Waals surface area (Å²) in [7, 11) is 0. The first-order valence-electron chi connectivity index (χ1n) is 4.42. The van der Waals surface area contributed by atoms with Crippen LogP contribution in [0, 0.1) is 11.3 Å². The number of nitrogens with zero attached hydrogens (tertiary/aromatic N) is 3. The smallest absolute Gasteiger partial charge is 0.163 e. The maximum absolute atomic E-state index is 9.26. The van der Waals surface area contributed by atoms with E-state index in [1.165, 1.54) is 0 Å². The SMILES string of the molecule is CC[C@H](O)CNc1ccc(C#N)nn1. The molecule has 1 heterocycles. The second-order valence-corrected chi connectivity index (χ2v) is 2.86. The van der Waals surface area contributed by atoms with Gasteiger partial charge in [0.2, 0.25) is 0 Å². The number of aliphatic hydroxyl groups is 1. The van der Waals surface area contributed by atoms with Crippen molar-refractivity contribution in [2.75, 3.05) is 11.9 Å². The van der Waals surface area contributed by atoms with Gasteiger partial charge in [0.05, 0.1) is 6.10 Å². The number of hydrogen-bond donors (Lipinski definition) is 2. The molecule has 1 atom stereocenters. The summed E-state index contributed by atoms with van der Waals surface area (Å²) in [6, 6.07) is 5.12. The Labute approximate surface area is 82.4 Å². The molecule has 0 radical (unpaired) electrons. The van der Waals surface area contributed by atoms with Crippen molar-refractivity contribution in [3.8, 4) is 6.07 Å². The molecule has 2 N–H and O–H groups in total. The van der Waals surface area contributed by atoms with Crippen LogP contribution < -0.4 is 5.32 Å². The minimum absolute atomic E-state index is 0.284. The van der Waals surface area contributed by atoms with Gasteiger partial charge in [0.15, 0.2) is 5.69 Å². The summed E-state index contributed by atoms with van der Waals surface area (Å²) >= 11 is 0. The average molecular weight is 192 g/mol. The van der Waals surface area contributed by atoms with Crippen molar-refractivity contribution in [2.24, 2.45) is 0 Å². The van der Waals surface area contributed by atoms with Crippen molar-refractivity contribution >= 4 is 5.82 Å². The predicted molar refractivity (Wildman–Crippen MR) is 51.5 cm³/mol. The molecule has 0 spiro atoms. The van der Waals surface area contributed by atoms with Crippen LogP contribution >= 0.6 is 0 Å². The molecule has 1 aromatic heterocycles. The van der Waals surface area contributed by atoms with Crippen LogP contribution in [-0.2, 0) is 0 Å². The van der Waals surface area contributed by atoms with Gasteiger partial charge in [-0.3, -0.25) is 0 Å². The maximum atomic E-state index is 9.26. The highest BCUT2D eigenvalue weighted by molar-refractivity contribution is 5.35. The quantitative estimate of drug-likeness (QED) is 0.727. The molecular weight excluding hydrogens is 180 g/mol. The average Bonchev–Trinajstić information content (AvgIpc) is 2.26. The van der Waals surface area contributed by atoms with Crippen molar-refractivity contribution in [3.05, 3.63) is 17.8 Å². The van der Waals surface area contributed by atoms with Gasteiger partial charge in [-0.25, -0.2) is 0 Å². The van der Waals surface area contributed by atoms with Crippen molar-refractivity contribution < 1.29 is 5.11 Å². The standard InChI is InChI=1S/C9H12N4O/c1-2-8(14)6-11-9-4-3-7(5-10)12-13-9/h3-4,8,14H,2,6H2,1H3,(H,11,13)/t8-/m0/s1. The number of nitrogens with one attached hydrogen (secondary N) is 1. The van der Waals surface area contributed by atoms with Crippen LogP contribution in [0.1, 0.15) is 19.0 Å². The molecule has 0 saturated carbocycles. The molecule has 0 aliphatic carbocycles. The molecule has 0 saturated heterocycles. The topological polar surface area (TPSA) is 81.8 Å². The Morgan fingerprint density at radius 3 is 2.86 bits per heavy atom. The van der Waals surface area contributed by atoms with E-state index in [9.17, 15) is 5.11 Å². The number of aromatic nitrogens is 2. The van der Waals surface area contributed by atoms with E-state index in [1.807, 2.05) is 13.0 Å². The van der Waals surface area contributed by atoms with Crippen LogP contribution in [0.3, 0.4) is 0 Å². The van der Waals surface area contributed by atoms with Crippen LogP contribution in [0.15, 0.2) is 12.1 Å². The molecule has 5 heteroatoms. The Morgan fingerprint density at radius 1 is 1.57 bits per heavy atom. The Morgan fingerprint density at radius 2 is 2.36 bits per heavy atom. The van der Waals surface area contributed by atoms with Crippen LogP contribution in [-0.4, -0.2) is 28.0 Å². The summed E-state index contributed by atoms with van der Waals surface area (Å²) in [6.07, 6.45) is 0.309. The van der Waals surface area contributed by atoms with Crippen molar-refractivity contribution in [1.29, 1.82) is 5.26 Å². The Bertz CT molecular complexity index is 317. The predicted octanol–water partition coefficient (Wildman–Crippen LogP) is 0.531. The van der Waals surface area contributed by atoms with Crippen molar-refractivity contribution in [3.63, 3.8) is 0 Å². The fourth-order valence-electron chi connectivity index (χ4n) is 0.853. The normalized spacial score (nSPS) is 11.8. The molecule has 0 aliphatic rings. The first kappa shape index (κ1) is 10.4. The fraction of sp³-hybridized carbons (Fsp3) is 0.444. The summed E-state index contributed by atoms with van der Waals surface area (Å²) in [5, 5.41) is 28.0. The van der Waals surface area contributed by atoms with E-state index in [0.717, 1.165) is 0 Å². The third kappa shape index (κ3) is 2.99. The Kier molecular flexibility index (Phi) is 3.83. The highest BCUT2D eigenvalue weighted by Gasteiger charge is 2.01. The monoisotopic (exact) mass is 192 g/mol. The van der Waals surface area contributed by atoms with E-state index in [1.54, 1.807) is 12.1 Å². The van der Waals surface area contributed by atoms with Crippen LogP contribution in [0.5, 0.6) is 0 Å². The van der Waals surface area contributed by atoms with Crippen LogP contribution in [0.4, 0.5) is 5.82 Å². The fourth-order valence-corrected chi connectivity index (χ4v) is 0.853. The van der Waals surface area contributed by atoms with E-state index in [4.69, 9.17) is 5.26 Å². The van der Waals surface area contributed by atoms with Gasteiger partial charge >= 0.3 is 0 Å². The third-order valence-electron chi connectivity index (χ3n) is 1.77. The maximum Gasteiger partial charge on any atom is 0.163 e. The largest absolute Gasteiger partial charge is 0.391 e. The van der Waals surface area contributed by atoms with Gasteiger partial charge in [-0.05, 0) is 18.6 Å². The first-order chi connectivity index (χ1) is 6.76. The Balaban J connectivity index is 2.49. The zero-order valence-corrected chi connectivity index (χ0v) is 7.94. The lowest BCUT2D eigenvalue weighted by molar-refractivity contribution is 0.183. The minimum atomic E-state index is -0.382. The highest BCUT2D eigenvalue weighted by atomic mass is 16.3. The molecule has 14 heavy (non-hydrogen) atoms. The molecule has 0 aliphatic heterocycles. The number of aliphatic hydroxyl groups excluding tert-OH is 1. The second-order valence-electron chi connectivity index (χ2n) is 2.86. The van der Waals surface area contributed by atoms with Crippen molar-refractivity contribution in [2.45, 2.75) is 19.4 Å². The number of nitriles is 1. The minimum Gasteiger partial charge on any atom is -0.391 e. The molecule has 0 bridgehead atoms. The molecule has 0 aromatic carbocycles.